The lowest BCUT2D eigenvalue weighted by Gasteiger charge is -2.13. The van der Waals surface area contributed by atoms with Crippen LogP contribution in [0.1, 0.15) is 52.9 Å². The van der Waals surface area contributed by atoms with Crippen LogP contribution in [0.15, 0.2) is 0 Å². The molecule has 0 saturated carbocycles. The fourth-order valence-electron chi connectivity index (χ4n) is 1.40. The number of unbranched alkanes of at least 4 members (excludes halogenated alkanes) is 3. The molecule has 0 N–H and O–H groups in total. The van der Waals surface area contributed by atoms with Crippen molar-refractivity contribution in [2.45, 2.75) is 57.5 Å². The van der Waals surface area contributed by atoms with E-state index >= 15 is 0 Å². The molecule has 0 aromatic heterocycles. The predicted octanol–water partition coefficient (Wildman–Crippen LogP) is 3.80. The summed E-state index contributed by atoms with van der Waals surface area (Å²) in [5, 5.41) is 0. The van der Waals surface area contributed by atoms with Crippen LogP contribution in [0.25, 0.3) is 0 Å². The van der Waals surface area contributed by atoms with Gasteiger partial charge in [-0.05, 0) is 12.2 Å². The molecule has 1 nitrogen and oxygen atoms in total. The van der Waals surface area contributed by atoms with Crippen molar-refractivity contribution in [3.05, 3.63) is 0 Å². The molecule has 0 spiro atoms. The molecule has 0 fully saturated rings. The molecular formula is C11H24OS2. The maximum atomic E-state index is 11.7. The molecule has 0 heterocycles. The van der Waals surface area contributed by atoms with Crippen molar-refractivity contribution in [3.63, 3.8) is 0 Å². The summed E-state index contributed by atoms with van der Waals surface area (Å²) in [7, 11) is -0.607. The van der Waals surface area contributed by atoms with Crippen LogP contribution in [0, 0.1) is 0 Å². The molecule has 0 amide bonds. The van der Waals surface area contributed by atoms with E-state index in [1.807, 2.05) is 18.7 Å². The van der Waals surface area contributed by atoms with Gasteiger partial charge in [0.25, 0.3) is 0 Å². The molecule has 0 rings (SSSR count). The maximum absolute atomic E-state index is 11.7. The van der Waals surface area contributed by atoms with E-state index in [0.717, 1.165) is 17.9 Å². The van der Waals surface area contributed by atoms with Gasteiger partial charge in [-0.25, -0.2) is 0 Å². The summed E-state index contributed by atoms with van der Waals surface area (Å²) in [6, 6.07) is 0. The van der Waals surface area contributed by atoms with Crippen molar-refractivity contribution in [2.24, 2.45) is 0 Å². The predicted molar refractivity (Wildman–Crippen MR) is 69.4 cm³/mol. The Morgan fingerprint density at radius 1 is 1.14 bits per heavy atom. The molecule has 0 aliphatic rings. The monoisotopic (exact) mass is 236 g/mol. The summed E-state index contributed by atoms with van der Waals surface area (Å²) < 4.78 is 12.0. The second-order valence-electron chi connectivity index (χ2n) is 3.40. The van der Waals surface area contributed by atoms with E-state index in [2.05, 4.69) is 13.8 Å². The minimum Gasteiger partial charge on any atom is -0.258 e. The van der Waals surface area contributed by atoms with Crippen molar-refractivity contribution >= 4 is 22.6 Å². The lowest BCUT2D eigenvalue weighted by atomic mass is 10.2. The highest BCUT2D eigenvalue weighted by atomic mass is 32.2. The van der Waals surface area contributed by atoms with E-state index in [1.54, 1.807) is 0 Å². The molecule has 0 saturated heterocycles. The van der Waals surface area contributed by atoms with Crippen LogP contribution in [0.3, 0.4) is 0 Å². The largest absolute Gasteiger partial charge is 0.258 e. The fourth-order valence-corrected chi connectivity index (χ4v) is 4.33. The highest BCUT2D eigenvalue weighted by Crippen LogP contribution is 2.21. The van der Waals surface area contributed by atoms with Gasteiger partial charge in [0.05, 0.1) is 4.58 Å². The topological polar surface area (TPSA) is 17.1 Å². The molecule has 0 aliphatic heterocycles. The average molecular weight is 236 g/mol. The molecule has 0 aromatic carbocycles. The van der Waals surface area contributed by atoms with Crippen LogP contribution >= 0.6 is 11.8 Å². The molecule has 2 unspecified atom stereocenters. The molecule has 3 heteroatoms. The second kappa shape index (κ2) is 10.0. The van der Waals surface area contributed by atoms with Crippen molar-refractivity contribution in [1.29, 1.82) is 0 Å². The summed E-state index contributed by atoms with van der Waals surface area (Å²) in [4.78, 5) is 0. The normalized spacial score (nSPS) is 15.4. The van der Waals surface area contributed by atoms with Crippen molar-refractivity contribution < 1.29 is 4.21 Å². The standard InChI is InChI=1S/C11H24OS2/c1-4-7-8-9-10-11(13-5-2)14(12)6-3/h11H,4-10H2,1-3H3. The number of hydrogen-bond acceptors (Lipinski definition) is 2. The number of thioether (sulfide) groups is 1. The highest BCUT2D eigenvalue weighted by molar-refractivity contribution is 8.11. The molecule has 0 aliphatic carbocycles. The van der Waals surface area contributed by atoms with Crippen molar-refractivity contribution in [1.82, 2.24) is 0 Å². The van der Waals surface area contributed by atoms with Gasteiger partial charge in [-0.1, -0.05) is 46.5 Å². The lowest BCUT2D eigenvalue weighted by Crippen LogP contribution is -2.13. The smallest absolute Gasteiger partial charge is 0.0801 e. The Kier molecular flexibility index (Phi) is 10.4. The average Bonchev–Trinajstić information content (AvgIpc) is 2.21. The van der Waals surface area contributed by atoms with Crippen LogP contribution in [-0.4, -0.2) is 20.3 Å². The molecule has 86 valence electrons. The van der Waals surface area contributed by atoms with Crippen LogP contribution in [-0.2, 0) is 10.8 Å². The first-order valence-corrected chi connectivity index (χ1v) is 8.18. The number of rotatable bonds is 9. The first-order chi connectivity index (χ1) is 6.76. The summed E-state index contributed by atoms with van der Waals surface area (Å²) >= 11 is 1.87. The van der Waals surface area contributed by atoms with Gasteiger partial charge >= 0.3 is 0 Å². The second-order valence-corrected chi connectivity index (χ2v) is 7.09. The van der Waals surface area contributed by atoms with E-state index in [0.29, 0.717) is 4.58 Å². The summed E-state index contributed by atoms with van der Waals surface area (Å²) in [5.74, 6) is 1.90. The van der Waals surface area contributed by atoms with Crippen LogP contribution < -0.4 is 0 Å². The maximum Gasteiger partial charge on any atom is 0.0801 e. The van der Waals surface area contributed by atoms with E-state index in [1.165, 1.54) is 25.7 Å². The lowest BCUT2D eigenvalue weighted by molar-refractivity contribution is 0.640. The Bertz CT molecular complexity index is 148. The third-order valence-electron chi connectivity index (χ3n) is 2.22. The van der Waals surface area contributed by atoms with E-state index in [-0.39, 0.29) is 0 Å². The van der Waals surface area contributed by atoms with Gasteiger partial charge < -0.3 is 0 Å². The van der Waals surface area contributed by atoms with Crippen LogP contribution in [0.4, 0.5) is 0 Å². The third kappa shape index (κ3) is 6.88. The Hall–Kier alpha value is 0.500. The minimum atomic E-state index is -0.607. The van der Waals surface area contributed by atoms with Crippen molar-refractivity contribution in [2.75, 3.05) is 11.5 Å². The SMILES string of the molecule is CCCCCCC(SCC)S(=O)CC. The van der Waals surface area contributed by atoms with Gasteiger partial charge in [0.2, 0.25) is 0 Å². The zero-order valence-electron chi connectivity index (χ0n) is 9.75. The zero-order chi connectivity index (χ0) is 10.8. The first kappa shape index (κ1) is 14.5. The fraction of sp³-hybridized carbons (Fsp3) is 1.00. The van der Waals surface area contributed by atoms with Gasteiger partial charge in [-0.3, -0.25) is 4.21 Å². The van der Waals surface area contributed by atoms with Crippen LogP contribution in [0.5, 0.6) is 0 Å². The Labute approximate surface area is 95.9 Å². The van der Waals surface area contributed by atoms with E-state index in [4.69, 9.17) is 0 Å². The Morgan fingerprint density at radius 2 is 1.86 bits per heavy atom. The van der Waals surface area contributed by atoms with E-state index < -0.39 is 10.8 Å². The van der Waals surface area contributed by atoms with Gasteiger partial charge in [-0.15, -0.1) is 11.8 Å². The third-order valence-corrected chi connectivity index (χ3v) is 5.61. The first-order valence-electron chi connectivity index (χ1n) is 5.74. The number of hydrogen-bond donors (Lipinski definition) is 0. The van der Waals surface area contributed by atoms with Crippen molar-refractivity contribution in [3.8, 4) is 0 Å². The Balaban J connectivity index is 3.67. The van der Waals surface area contributed by atoms with E-state index in [9.17, 15) is 4.21 Å². The molecule has 2 atom stereocenters. The summed E-state index contributed by atoms with van der Waals surface area (Å²) in [6.45, 7) is 6.39. The highest BCUT2D eigenvalue weighted by Gasteiger charge is 2.13. The molecule has 0 radical (unpaired) electrons. The molecular weight excluding hydrogens is 212 g/mol. The molecule has 0 bridgehead atoms. The quantitative estimate of drug-likeness (QED) is 0.566. The van der Waals surface area contributed by atoms with Gasteiger partial charge in [0.1, 0.15) is 0 Å². The molecule has 14 heavy (non-hydrogen) atoms. The Morgan fingerprint density at radius 3 is 2.36 bits per heavy atom. The minimum absolute atomic E-state index is 0.391. The van der Waals surface area contributed by atoms with Gasteiger partial charge in [0, 0.05) is 16.6 Å². The van der Waals surface area contributed by atoms with Crippen LogP contribution in [0.2, 0.25) is 0 Å². The van der Waals surface area contributed by atoms with Gasteiger partial charge in [0.15, 0.2) is 0 Å². The molecule has 0 aromatic rings. The summed E-state index contributed by atoms with van der Waals surface area (Å²) in [5.41, 5.74) is 0. The van der Waals surface area contributed by atoms with Gasteiger partial charge in [-0.2, -0.15) is 0 Å². The summed E-state index contributed by atoms with van der Waals surface area (Å²) in [6.07, 6.45) is 6.29. The zero-order valence-corrected chi connectivity index (χ0v) is 11.4.